The van der Waals surface area contributed by atoms with Gasteiger partial charge in [0.15, 0.2) is 17.3 Å². The highest BCUT2D eigenvalue weighted by atomic mass is 32.1. The summed E-state index contributed by atoms with van der Waals surface area (Å²) in [4.78, 5) is 21.3. The second-order valence-electron chi connectivity index (χ2n) is 7.64. The number of fused-ring (bicyclic) bond motifs is 3. The van der Waals surface area contributed by atoms with Crippen LogP contribution in [0.15, 0.2) is 42.5 Å². The molecular formula is C23H23N5O3S. The first-order valence-electron chi connectivity index (χ1n) is 10.3. The molecule has 0 radical (unpaired) electrons. The second kappa shape index (κ2) is 8.16. The van der Waals surface area contributed by atoms with Gasteiger partial charge < -0.3 is 19.7 Å². The minimum Gasteiger partial charge on any atom is -0.493 e. The van der Waals surface area contributed by atoms with E-state index >= 15 is 0 Å². The summed E-state index contributed by atoms with van der Waals surface area (Å²) in [5, 5.41) is 7.68. The number of hydrogen-bond acceptors (Lipinski definition) is 6. The lowest BCUT2D eigenvalue weighted by Gasteiger charge is -2.26. The maximum absolute atomic E-state index is 12.9. The number of carbonyl (C=O) groups is 1. The van der Waals surface area contributed by atoms with Crippen LogP contribution in [0.1, 0.15) is 16.1 Å². The van der Waals surface area contributed by atoms with E-state index in [4.69, 9.17) is 19.6 Å². The average Bonchev–Trinajstić information content (AvgIpc) is 3.37. The molecule has 2 aromatic carbocycles. The van der Waals surface area contributed by atoms with Gasteiger partial charge in [0.05, 0.1) is 26.5 Å². The summed E-state index contributed by atoms with van der Waals surface area (Å²) < 4.78 is 12.5. The third-order valence-electron chi connectivity index (χ3n) is 5.55. The molecule has 4 aromatic rings. The Morgan fingerprint density at radius 3 is 2.62 bits per heavy atom. The Hall–Kier alpha value is -3.59. The highest BCUT2D eigenvalue weighted by Crippen LogP contribution is 2.32. The number of thiazole rings is 1. The van der Waals surface area contributed by atoms with Crippen molar-refractivity contribution in [2.24, 2.45) is 0 Å². The topological polar surface area (TPSA) is 81.0 Å². The fraction of sp³-hybridized carbons (Fsp3) is 0.261. The molecule has 5 rings (SSSR count). The number of nitrogens with zero attached hydrogens (tertiary/aromatic N) is 4. The van der Waals surface area contributed by atoms with Crippen LogP contribution in [0.4, 0.5) is 10.5 Å². The number of urea groups is 1. The lowest BCUT2D eigenvalue weighted by Crippen LogP contribution is -2.38. The van der Waals surface area contributed by atoms with Gasteiger partial charge in [-0.05, 0) is 19.1 Å². The lowest BCUT2D eigenvalue weighted by molar-refractivity contribution is 0.206. The first-order valence-corrected chi connectivity index (χ1v) is 11.1. The van der Waals surface area contributed by atoms with Gasteiger partial charge in [0.1, 0.15) is 0 Å². The molecule has 0 unspecified atom stereocenters. The smallest absolute Gasteiger partial charge is 0.322 e. The van der Waals surface area contributed by atoms with Crippen LogP contribution in [-0.4, -0.2) is 46.3 Å². The van der Waals surface area contributed by atoms with Crippen LogP contribution in [0.3, 0.4) is 0 Å². The number of anilines is 1. The van der Waals surface area contributed by atoms with Crippen molar-refractivity contribution in [1.82, 2.24) is 19.5 Å². The average molecular weight is 450 g/mol. The molecule has 164 valence electrons. The molecule has 9 heteroatoms. The van der Waals surface area contributed by atoms with E-state index in [1.54, 1.807) is 48.7 Å². The molecule has 0 saturated heterocycles. The minimum atomic E-state index is -0.151. The molecule has 8 nitrogen and oxygen atoms in total. The number of aromatic nitrogens is 3. The predicted octanol–water partition coefficient (Wildman–Crippen LogP) is 4.37. The highest BCUT2D eigenvalue weighted by molar-refractivity contribution is 7.17. The third kappa shape index (κ3) is 3.64. The summed E-state index contributed by atoms with van der Waals surface area (Å²) in [6.45, 7) is 3.20. The van der Waals surface area contributed by atoms with Crippen LogP contribution in [0.25, 0.3) is 16.3 Å². The van der Waals surface area contributed by atoms with E-state index in [1.165, 1.54) is 5.56 Å². The van der Waals surface area contributed by atoms with Gasteiger partial charge in [-0.3, -0.25) is 0 Å². The lowest BCUT2D eigenvalue weighted by atomic mass is 10.1. The van der Waals surface area contributed by atoms with Gasteiger partial charge in [0.2, 0.25) is 4.96 Å². The molecule has 0 aliphatic carbocycles. The van der Waals surface area contributed by atoms with Crippen molar-refractivity contribution in [3.05, 3.63) is 58.6 Å². The number of amides is 2. The molecule has 1 aliphatic heterocycles. The zero-order valence-electron chi connectivity index (χ0n) is 18.1. The number of benzene rings is 2. The fourth-order valence-corrected chi connectivity index (χ4v) is 4.92. The van der Waals surface area contributed by atoms with Crippen LogP contribution in [0.5, 0.6) is 11.5 Å². The summed E-state index contributed by atoms with van der Waals surface area (Å²) in [5.74, 6) is 1.92. The Balaban J connectivity index is 1.33. The summed E-state index contributed by atoms with van der Waals surface area (Å²) in [7, 11) is 3.15. The van der Waals surface area contributed by atoms with Crippen LogP contribution >= 0.6 is 11.3 Å². The maximum Gasteiger partial charge on any atom is 0.322 e. The van der Waals surface area contributed by atoms with Crippen LogP contribution in [-0.2, 0) is 13.0 Å². The molecule has 2 amide bonds. The Morgan fingerprint density at radius 2 is 1.88 bits per heavy atom. The molecule has 1 aliphatic rings. The molecule has 0 saturated carbocycles. The van der Waals surface area contributed by atoms with E-state index in [-0.39, 0.29) is 6.03 Å². The fourth-order valence-electron chi connectivity index (χ4n) is 3.80. The molecule has 0 spiro atoms. The molecule has 3 heterocycles. The van der Waals surface area contributed by atoms with E-state index in [0.717, 1.165) is 33.3 Å². The monoisotopic (exact) mass is 449 g/mol. The van der Waals surface area contributed by atoms with Crippen LogP contribution in [0, 0.1) is 6.92 Å². The van der Waals surface area contributed by atoms with Gasteiger partial charge in [0.25, 0.3) is 0 Å². The van der Waals surface area contributed by atoms with Crippen molar-refractivity contribution >= 4 is 28.0 Å². The molecular weight excluding hydrogens is 426 g/mol. The van der Waals surface area contributed by atoms with E-state index in [9.17, 15) is 4.79 Å². The van der Waals surface area contributed by atoms with Gasteiger partial charge in [-0.15, -0.1) is 5.10 Å². The van der Waals surface area contributed by atoms with E-state index in [1.807, 2.05) is 16.6 Å². The SMILES string of the molecule is COc1ccc(NC(=O)N2CCc3c(sc4nc(-c5ccc(C)cc5)nn34)C2)cc1OC. The zero-order valence-corrected chi connectivity index (χ0v) is 18.9. The molecule has 0 fully saturated rings. The quantitative estimate of drug-likeness (QED) is 0.500. The Bertz CT molecular complexity index is 1300. The van der Waals surface area contributed by atoms with Gasteiger partial charge >= 0.3 is 6.03 Å². The number of hydrogen-bond donors (Lipinski definition) is 1. The number of rotatable bonds is 4. The van der Waals surface area contributed by atoms with Crippen molar-refractivity contribution in [3.8, 4) is 22.9 Å². The van der Waals surface area contributed by atoms with Crippen LogP contribution < -0.4 is 14.8 Å². The Morgan fingerprint density at radius 1 is 1.09 bits per heavy atom. The molecule has 32 heavy (non-hydrogen) atoms. The van der Waals surface area contributed by atoms with E-state index < -0.39 is 0 Å². The van der Waals surface area contributed by atoms with Crippen LogP contribution in [0.2, 0.25) is 0 Å². The second-order valence-corrected chi connectivity index (χ2v) is 8.70. The summed E-state index contributed by atoms with van der Waals surface area (Å²) in [6.07, 6.45) is 0.728. The molecule has 1 N–H and O–H groups in total. The maximum atomic E-state index is 12.9. The van der Waals surface area contributed by atoms with Crippen molar-refractivity contribution in [2.75, 3.05) is 26.1 Å². The summed E-state index contributed by atoms with van der Waals surface area (Å²) in [6, 6.07) is 13.4. The number of ether oxygens (including phenoxy) is 2. The summed E-state index contributed by atoms with van der Waals surface area (Å²) in [5.41, 5.74) is 4.00. The van der Waals surface area contributed by atoms with Gasteiger partial charge in [-0.25, -0.2) is 9.31 Å². The van der Waals surface area contributed by atoms with Crippen molar-refractivity contribution in [1.29, 1.82) is 0 Å². The van der Waals surface area contributed by atoms with Gasteiger partial charge in [-0.1, -0.05) is 41.2 Å². The first-order chi connectivity index (χ1) is 15.6. The van der Waals surface area contributed by atoms with E-state index in [2.05, 4.69) is 24.4 Å². The predicted molar refractivity (Wildman–Crippen MR) is 124 cm³/mol. The number of methoxy groups -OCH3 is 2. The van der Waals surface area contributed by atoms with E-state index in [0.29, 0.717) is 30.3 Å². The highest BCUT2D eigenvalue weighted by Gasteiger charge is 2.26. The Kier molecular flexibility index (Phi) is 5.18. The van der Waals surface area contributed by atoms with Crippen molar-refractivity contribution < 1.29 is 14.3 Å². The molecule has 0 atom stereocenters. The number of aryl methyl sites for hydroxylation is 1. The minimum absolute atomic E-state index is 0.151. The van der Waals surface area contributed by atoms with Gasteiger partial charge in [-0.2, -0.15) is 4.98 Å². The number of nitrogens with one attached hydrogen (secondary N) is 1. The van der Waals surface area contributed by atoms with Crippen molar-refractivity contribution in [2.45, 2.75) is 19.9 Å². The summed E-state index contributed by atoms with van der Waals surface area (Å²) >= 11 is 1.59. The van der Waals surface area contributed by atoms with Crippen molar-refractivity contribution in [3.63, 3.8) is 0 Å². The molecule has 0 bridgehead atoms. The third-order valence-corrected chi connectivity index (χ3v) is 6.61. The largest absolute Gasteiger partial charge is 0.493 e. The standard InChI is InChI=1S/C23H23N5O3S/c1-14-4-6-15(7-5-14)21-25-23-28(26-21)17-10-11-27(13-20(17)32-23)22(29)24-16-8-9-18(30-2)19(12-16)31-3/h4-9,12H,10-11,13H2,1-3H3,(H,24,29). The molecule has 2 aromatic heterocycles. The first kappa shape index (κ1) is 20.3. The normalized spacial score (nSPS) is 13.2. The Labute approximate surface area is 189 Å². The van der Waals surface area contributed by atoms with Gasteiger partial charge in [0, 0.05) is 35.2 Å². The zero-order chi connectivity index (χ0) is 22.2. The number of carbonyl (C=O) groups excluding carboxylic acids is 1.